The van der Waals surface area contributed by atoms with Gasteiger partial charge in [-0.2, -0.15) is 0 Å². The van der Waals surface area contributed by atoms with E-state index in [9.17, 15) is 4.79 Å². The van der Waals surface area contributed by atoms with E-state index >= 15 is 0 Å². The molecule has 0 bridgehead atoms. The Balaban J connectivity index is 2.01. The van der Waals surface area contributed by atoms with Crippen molar-refractivity contribution in [1.82, 2.24) is 9.88 Å². The second-order valence-electron chi connectivity index (χ2n) is 4.33. The number of nitrogens with one attached hydrogen (secondary N) is 1. The molecule has 1 N–H and O–H groups in total. The molecular formula is C13H14N2O. The van der Waals surface area contributed by atoms with E-state index in [1.807, 2.05) is 11.1 Å². The van der Waals surface area contributed by atoms with E-state index in [1.54, 1.807) is 0 Å². The molecule has 1 aliphatic rings. The molecule has 2 aromatic rings. The Morgan fingerprint density at radius 2 is 2.31 bits per heavy atom. The molecule has 0 radical (unpaired) electrons. The Morgan fingerprint density at radius 3 is 3.19 bits per heavy atom. The van der Waals surface area contributed by atoms with E-state index in [4.69, 9.17) is 0 Å². The minimum absolute atomic E-state index is 0.275. The first-order valence-electron chi connectivity index (χ1n) is 5.66. The molecule has 0 spiro atoms. The van der Waals surface area contributed by atoms with Crippen LogP contribution in [0.25, 0.3) is 10.9 Å². The first-order chi connectivity index (χ1) is 7.88. The standard InChI is InChI=1S/C13H14N2O/c16-9-15-7-1-2-13(15)11-3-4-12-10(8-11)5-6-14-12/h3-6,8-9,13-14H,1-2,7H2/t13-/m0/s1. The van der Waals surface area contributed by atoms with Gasteiger partial charge in [-0.15, -0.1) is 0 Å². The van der Waals surface area contributed by atoms with Gasteiger partial charge in [-0.3, -0.25) is 4.79 Å². The average molecular weight is 214 g/mol. The molecule has 1 atom stereocenters. The Hall–Kier alpha value is -1.77. The molecule has 1 aromatic heterocycles. The molecule has 1 aromatic carbocycles. The highest BCUT2D eigenvalue weighted by Gasteiger charge is 2.24. The van der Waals surface area contributed by atoms with Crippen molar-refractivity contribution in [1.29, 1.82) is 0 Å². The van der Waals surface area contributed by atoms with Gasteiger partial charge in [0.2, 0.25) is 6.41 Å². The van der Waals surface area contributed by atoms with Crippen LogP contribution in [0, 0.1) is 0 Å². The maximum Gasteiger partial charge on any atom is 0.210 e. The van der Waals surface area contributed by atoms with Crippen LogP contribution in [0.15, 0.2) is 30.5 Å². The highest BCUT2D eigenvalue weighted by Crippen LogP contribution is 2.31. The number of hydrogen-bond donors (Lipinski definition) is 1. The van der Waals surface area contributed by atoms with E-state index < -0.39 is 0 Å². The molecule has 82 valence electrons. The van der Waals surface area contributed by atoms with Crippen LogP contribution >= 0.6 is 0 Å². The number of fused-ring (bicyclic) bond motifs is 1. The molecule has 1 amide bonds. The number of benzene rings is 1. The summed E-state index contributed by atoms with van der Waals surface area (Å²) in [7, 11) is 0. The zero-order chi connectivity index (χ0) is 11.0. The van der Waals surface area contributed by atoms with Gasteiger partial charge < -0.3 is 9.88 Å². The smallest absolute Gasteiger partial charge is 0.210 e. The number of aromatic amines is 1. The van der Waals surface area contributed by atoms with Crippen LogP contribution in [0.3, 0.4) is 0 Å². The molecule has 2 heterocycles. The van der Waals surface area contributed by atoms with Gasteiger partial charge in [-0.25, -0.2) is 0 Å². The Bertz CT molecular complexity index is 517. The summed E-state index contributed by atoms with van der Waals surface area (Å²) in [6, 6.07) is 8.73. The number of likely N-dealkylation sites (tertiary alicyclic amines) is 1. The van der Waals surface area contributed by atoms with E-state index in [0.717, 1.165) is 31.3 Å². The zero-order valence-electron chi connectivity index (χ0n) is 9.02. The largest absolute Gasteiger partial charge is 0.361 e. The quantitative estimate of drug-likeness (QED) is 0.766. The SMILES string of the molecule is O=CN1CCC[C@H]1c1ccc2[nH]ccc2c1. The second-order valence-corrected chi connectivity index (χ2v) is 4.33. The molecule has 1 fully saturated rings. The Labute approximate surface area is 94.1 Å². The van der Waals surface area contributed by atoms with Gasteiger partial charge in [0.1, 0.15) is 0 Å². The van der Waals surface area contributed by atoms with Gasteiger partial charge >= 0.3 is 0 Å². The van der Waals surface area contributed by atoms with Gasteiger partial charge in [0.05, 0.1) is 6.04 Å². The number of nitrogens with zero attached hydrogens (tertiary/aromatic N) is 1. The van der Waals surface area contributed by atoms with Crippen molar-refractivity contribution in [3.8, 4) is 0 Å². The summed E-state index contributed by atoms with van der Waals surface area (Å²) in [5.41, 5.74) is 2.40. The Kier molecular flexibility index (Phi) is 2.17. The van der Waals surface area contributed by atoms with Crippen molar-refractivity contribution in [2.45, 2.75) is 18.9 Å². The number of aromatic nitrogens is 1. The number of carbonyl (C=O) groups excluding carboxylic acids is 1. The van der Waals surface area contributed by atoms with Gasteiger partial charge in [-0.05, 0) is 42.0 Å². The molecule has 0 aliphatic carbocycles. The number of H-pyrrole nitrogens is 1. The molecule has 3 rings (SSSR count). The monoisotopic (exact) mass is 214 g/mol. The number of carbonyl (C=O) groups is 1. The number of hydrogen-bond acceptors (Lipinski definition) is 1. The summed E-state index contributed by atoms with van der Waals surface area (Å²) >= 11 is 0. The summed E-state index contributed by atoms with van der Waals surface area (Å²) in [5.74, 6) is 0. The van der Waals surface area contributed by atoms with Crippen LogP contribution in [-0.4, -0.2) is 22.8 Å². The maximum absolute atomic E-state index is 10.9. The second kappa shape index (κ2) is 3.67. The summed E-state index contributed by atoms with van der Waals surface area (Å²) < 4.78 is 0. The molecule has 3 heteroatoms. The molecular weight excluding hydrogens is 200 g/mol. The fraction of sp³-hybridized carbons (Fsp3) is 0.308. The molecule has 0 unspecified atom stereocenters. The van der Waals surface area contributed by atoms with Crippen molar-refractivity contribution in [2.75, 3.05) is 6.54 Å². The lowest BCUT2D eigenvalue weighted by molar-refractivity contribution is -0.118. The van der Waals surface area contributed by atoms with E-state index in [2.05, 4.69) is 29.2 Å². The Morgan fingerprint density at radius 1 is 1.38 bits per heavy atom. The lowest BCUT2D eigenvalue weighted by atomic mass is 10.0. The number of amides is 1. The maximum atomic E-state index is 10.9. The van der Waals surface area contributed by atoms with Crippen molar-refractivity contribution in [2.24, 2.45) is 0 Å². The third kappa shape index (κ3) is 1.40. The lowest BCUT2D eigenvalue weighted by Gasteiger charge is -2.20. The van der Waals surface area contributed by atoms with Gasteiger partial charge in [0.15, 0.2) is 0 Å². The topological polar surface area (TPSA) is 36.1 Å². The molecule has 16 heavy (non-hydrogen) atoms. The van der Waals surface area contributed by atoms with E-state index in [-0.39, 0.29) is 6.04 Å². The predicted octanol–water partition coefficient (Wildman–Crippen LogP) is 2.46. The fourth-order valence-electron chi connectivity index (χ4n) is 2.55. The average Bonchev–Trinajstić information content (AvgIpc) is 2.96. The highest BCUT2D eigenvalue weighted by atomic mass is 16.1. The molecule has 1 saturated heterocycles. The van der Waals surface area contributed by atoms with Gasteiger partial charge in [-0.1, -0.05) is 6.07 Å². The third-order valence-electron chi connectivity index (χ3n) is 3.39. The minimum atomic E-state index is 0.275. The van der Waals surface area contributed by atoms with E-state index in [1.165, 1.54) is 10.9 Å². The highest BCUT2D eigenvalue weighted by molar-refractivity contribution is 5.80. The first-order valence-corrected chi connectivity index (χ1v) is 5.66. The summed E-state index contributed by atoms with van der Waals surface area (Å²) in [6.07, 6.45) is 5.10. The van der Waals surface area contributed by atoms with Crippen molar-refractivity contribution < 1.29 is 4.79 Å². The summed E-state index contributed by atoms with van der Waals surface area (Å²) in [6.45, 7) is 0.888. The third-order valence-corrected chi connectivity index (χ3v) is 3.39. The van der Waals surface area contributed by atoms with Crippen LogP contribution in [0.2, 0.25) is 0 Å². The zero-order valence-corrected chi connectivity index (χ0v) is 9.02. The van der Waals surface area contributed by atoms with Crippen molar-refractivity contribution >= 4 is 17.3 Å². The van der Waals surface area contributed by atoms with Crippen LogP contribution in [-0.2, 0) is 4.79 Å². The van der Waals surface area contributed by atoms with Crippen LogP contribution in [0.1, 0.15) is 24.4 Å². The lowest BCUT2D eigenvalue weighted by Crippen LogP contribution is -2.20. The molecule has 0 saturated carbocycles. The minimum Gasteiger partial charge on any atom is -0.361 e. The van der Waals surface area contributed by atoms with Crippen LogP contribution in [0.5, 0.6) is 0 Å². The van der Waals surface area contributed by atoms with Crippen LogP contribution < -0.4 is 0 Å². The van der Waals surface area contributed by atoms with Gasteiger partial charge in [0, 0.05) is 18.3 Å². The van der Waals surface area contributed by atoms with E-state index in [0.29, 0.717) is 0 Å². The molecule has 3 nitrogen and oxygen atoms in total. The normalized spacial score (nSPS) is 20.5. The first kappa shape index (κ1) is 9.46. The number of rotatable bonds is 2. The van der Waals surface area contributed by atoms with Crippen molar-refractivity contribution in [3.63, 3.8) is 0 Å². The summed E-state index contributed by atoms with van der Waals surface area (Å²) in [4.78, 5) is 16.0. The van der Waals surface area contributed by atoms with Gasteiger partial charge in [0.25, 0.3) is 0 Å². The fourth-order valence-corrected chi connectivity index (χ4v) is 2.55. The van der Waals surface area contributed by atoms with Crippen LogP contribution in [0.4, 0.5) is 0 Å². The predicted molar refractivity (Wildman–Crippen MR) is 63.0 cm³/mol. The summed E-state index contributed by atoms with van der Waals surface area (Å²) in [5, 5.41) is 1.22. The molecule has 1 aliphatic heterocycles. The van der Waals surface area contributed by atoms with Crippen molar-refractivity contribution in [3.05, 3.63) is 36.0 Å².